The molecule has 0 aliphatic carbocycles. The molecule has 2 aromatic rings. The lowest BCUT2D eigenvalue weighted by atomic mass is 10.1. The van der Waals surface area contributed by atoms with Crippen molar-refractivity contribution in [2.45, 2.75) is 25.7 Å². The van der Waals surface area contributed by atoms with Crippen LogP contribution >= 0.6 is 11.6 Å². The lowest BCUT2D eigenvalue weighted by Gasteiger charge is -2.21. The molecule has 1 aromatic carbocycles. The molecule has 0 fully saturated rings. The number of halogens is 1. The van der Waals surface area contributed by atoms with E-state index >= 15 is 0 Å². The molecule has 5 N–H and O–H groups in total. The topological polar surface area (TPSA) is 105 Å². The average Bonchev–Trinajstić information content (AvgIpc) is 2.93. The minimum atomic E-state index is -0.505. The molecule has 0 atom stereocenters. The SMILES string of the molecule is NCCCCN(CC(N)=O)C(=O)CCc1c[nH]c2ccc(Cl)cc12. The molecule has 6 nitrogen and oxygen atoms in total. The van der Waals surface area contributed by atoms with E-state index in [1.54, 1.807) is 0 Å². The third kappa shape index (κ3) is 4.97. The number of hydrogen-bond acceptors (Lipinski definition) is 3. The Bertz CT molecular complexity index is 714. The Morgan fingerprint density at radius 2 is 2.04 bits per heavy atom. The Kier molecular flexibility index (Phi) is 6.63. The van der Waals surface area contributed by atoms with Crippen molar-refractivity contribution in [1.29, 1.82) is 0 Å². The van der Waals surface area contributed by atoms with Crippen LogP contribution in [0.25, 0.3) is 10.9 Å². The van der Waals surface area contributed by atoms with E-state index < -0.39 is 5.91 Å². The van der Waals surface area contributed by atoms with Crippen LogP contribution in [0, 0.1) is 0 Å². The normalized spacial score (nSPS) is 10.9. The number of aromatic nitrogens is 1. The third-order valence-electron chi connectivity index (χ3n) is 3.92. The first kappa shape index (κ1) is 18.3. The summed E-state index contributed by atoms with van der Waals surface area (Å²) in [5.41, 5.74) is 12.7. The minimum Gasteiger partial charge on any atom is -0.368 e. The van der Waals surface area contributed by atoms with Crippen molar-refractivity contribution >= 4 is 34.3 Å². The highest BCUT2D eigenvalue weighted by Crippen LogP contribution is 2.23. The highest BCUT2D eigenvalue weighted by atomic mass is 35.5. The summed E-state index contributed by atoms with van der Waals surface area (Å²) in [6.45, 7) is 1.01. The summed E-state index contributed by atoms with van der Waals surface area (Å²) in [6, 6.07) is 5.62. The molecule has 0 aliphatic rings. The highest BCUT2D eigenvalue weighted by molar-refractivity contribution is 6.31. The van der Waals surface area contributed by atoms with Crippen LogP contribution in [0.5, 0.6) is 0 Å². The van der Waals surface area contributed by atoms with Crippen molar-refractivity contribution in [3.05, 3.63) is 35.0 Å². The summed E-state index contributed by atoms with van der Waals surface area (Å²) < 4.78 is 0. The van der Waals surface area contributed by atoms with E-state index in [9.17, 15) is 9.59 Å². The van der Waals surface area contributed by atoms with Gasteiger partial charge in [-0.05, 0) is 49.6 Å². The van der Waals surface area contributed by atoms with Gasteiger partial charge in [0.25, 0.3) is 0 Å². The molecule has 1 aromatic heterocycles. The second-order valence-corrected chi connectivity index (χ2v) is 6.22. The van der Waals surface area contributed by atoms with Crippen molar-refractivity contribution < 1.29 is 9.59 Å². The summed E-state index contributed by atoms with van der Waals surface area (Å²) in [6.07, 6.45) is 4.35. The minimum absolute atomic E-state index is 0.0525. The molecule has 1 heterocycles. The monoisotopic (exact) mass is 350 g/mol. The first-order chi connectivity index (χ1) is 11.5. The second kappa shape index (κ2) is 8.70. The number of aryl methyl sites for hydroxylation is 1. The van der Waals surface area contributed by atoms with Crippen LogP contribution in [0.15, 0.2) is 24.4 Å². The van der Waals surface area contributed by atoms with Crippen molar-refractivity contribution in [3.8, 4) is 0 Å². The van der Waals surface area contributed by atoms with Gasteiger partial charge in [-0.3, -0.25) is 9.59 Å². The van der Waals surface area contributed by atoms with Crippen LogP contribution < -0.4 is 11.5 Å². The molecule has 130 valence electrons. The Balaban J connectivity index is 2.00. The number of rotatable bonds is 9. The standard InChI is InChI=1S/C17H23ClN4O2/c18-13-4-5-15-14(9-13)12(10-21-15)3-6-17(24)22(11-16(20)23)8-2-1-7-19/h4-5,9-10,21H,1-3,6-8,11,19H2,(H2,20,23). The molecule has 0 unspecified atom stereocenters. The van der Waals surface area contributed by atoms with Crippen molar-refractivity contribution in [1.82, 2.24) is 9.88 Å². The number of carbonyl (C=O) groups excluding carboxylic acids is 2. The fourth-order valence-electron chi connectivity index (χ4n) is 2.68. The second-order valence-electron chi connectivity index (χ2n) is 5.78. The number of nitrogens with one attached hydrogen (secondary N) is 1. The predicted octanol–water partition coefficient (Wildman–Crippen LogP) is 1.81. The first-order valence-corrected chi connectivity index (χ1v) is 8.40. The van der Waals surface area contributed by atoms with E-state index in [2.05, 4.69) is 4.98 Å². The summed E-state index contributed by atoms with van der Waals surface area (Å²) in [5, 5.41) is 1.67. The van der Waals surface area contributed by atoms with Crippen molar-refractivity contribution in [2.75, 3.05) is 19.6 Å². The number of unbranched alkanes of at least 4 members (excludes halogenated alkanes) is 1. The number of amides is 2. The number of benzene rings is 1. The van der Waals surface area contributed by atoms with Crippen LogP contribution in [-0.2, 0) is 16.0 Å². The predicted molar refractivity (Wildman–Crippen MR) is 95.7 cm³/mol. The average molecular weight is 351 g/mol. The molecule has 0 bridgehead atoms. The third-order valence-corrected chi connectivity index (χ3v) is 4.15. The maximum Gasteiger partial charge on any atom is 0.237 e. The maximum absolute atomic E-state index is 12.4. The molecule has 2 rings (SSSR count). The van der Waals surface area contributed by atoms with E-state index in [0.29, 0.717) is 31.0 Å². The number of hydrogen-bond donors (Lipinski definition) is 3. The highest BCUT2D eigenvalue weighted by Gasteiger charge is 2.16. The number of nitrogens with zero attached hydrogens (tertiary/aromatic N) is 1. The van der Waals surface area contributed by atoms with Gasteiger partial charge >= 0.3 is 0 Å². The van der Waals surface area contributed by atoms with E-state index in [0.717, 1.165) is 29.3 Å². The molecule has 24 heavy (non-hydrogen) atoms. The van der Waals surface area contributed by atoms with Gasteiger partial charge in [0.05, 0.1) is 6.54 Å². The molecule has 0 saturated heterocycles. The molecule has 7 heteroatoms. The van der Waals surface area contributed by atoms with Gasteiger partial charge in [-0.25, -0.2) is 0 Å². The van der Waals surface area contributed by atoms with Crippen LogP contribution in [0.3, 0.4) is 0 Å². The fraction of sp³-hybridized carbons (Fsp3) is 0.412. The maximum atomic E-state index is 12.4. The van der Waals surface area contributed by atoms with Crippen LogP contribution in [0.4, 0.5) is 0 Å². The summed E-state index contributed by atoms with van der Waals surface area (Å²) in [7, 11) is 0. The molecule has 0 saturated carbocycles. The van der Waals surface area contributed by atoms with Gasteiger partial charge in [-0.2, -0.15) is 0 Å². The van der Waals surface area contributed by atoms with Gasteiger partial charge in [-0.1, -0.05) is 11.6 Å². The number of carbonyl (C=O) groups is 2. The number of primary amides is 1. The van der Waals surface area contributed by atoms with E-state index in [-0.39, 0.29) is 12.5 Å². The van der Waals surface area contributed by atoms with Crippen LogP contribution in [0.1, 0.15) is 24.8 Å². The number of fused-ring (bicyclic) bond motifs is 1. The van der Waals surface area contributed by atoms with E-state index in [4.69, 9.17) is 23.1 Å². The quantitative estimate of drug-likeness (QED) is 0.600. The van der Waals surface area contributed by atoms with Gasteiger partial charge in [0.15, 0.2) is 0 Å². The summed E-state index contributed by atoms with van der Waals surface area (Å²) >= 11 is 6.04. The molecule has 0 radical (unpaired) electrons. The fourth-order valence-corrected chi connectivity index (χ4v) is 2.86. The summed E-state index contributed by atoms with van der Waals surface area (Å²) in [4.78, 5) is 28.3. The molecule has 2 amide bonds. The first-order valence-electron chi connectivity index (χ1n) is 8.03. The Labute approximate surface area is 146 Å². The van der Waals surface area contributed by atoms with Gasteiger partial charge < -0.3 is 21.4 Å². The van der Waals surface area contributed by atoms with E-state index in [1.807, 2.05) is 24.4 Å². The zero-order chi connectivity index (χ0) is 17.5. The molecule has 0 aliphatic heterocycles. The van der Waals surface area contributed by atoms with Gasteiger partial charge in [-0.15, -0.1) is 0 Å². The molecule has 0 spiro atoms. The number of aromatic amines is 1. The van der Waals surface area contributed by atoms with Crippen LogP contribution in [0.2, 0.25) is 5.02 Å². The smallest absolute Gasteiger partial charge is 0.237 e. The van der Waals surface area contributed by atoms with Gasteiger partial charge in [0, 0.05) is 35.1 Å². The van der Waals surface area contributed by atoms with E-state index in [1.165, 1.54) is 4.90 Å². The molecular formula is C17H23ClN4O2. The van der Waals surface area contributed by atoms with Crippen molar-refractivity contribution in [3.63, 3.8) is 0 Å². The van der Waals surface area contributed by atoms with Crippen LogP contribution in [-0.4, -0.2) is 41.3 Å². The van der Waals surface area contributed by atoms with Gasteiger partial charge in [0.2, 0.25) is 11.8 Å². The Hall–Kier alpha value is -2.05. The summed E-state index contributed by atoms with van der Waals surface area (Å²) in [5.74, 6) is -0.586. The number of nitrogens with two attached hydrogens (primary N) is 2. The molecular weight excluding hydrogens is 328 g/mol. The zero-order valence-corrected chi connectivity index (χ0v) is 14.3. The Morgan fingerprint density at radius 1 is 1.25 bits per heavy atom. The lowest BCUT2D eigenvalue weighted by molar-refractivity contribution is -0.135. The largest absolute Gasteiger partial charge is 0.368 e. The van der Waals surface area contributed by atoms with Crippen molar-refractivity contribution in [2.24, 2.45) is 11.5 Å². The zero-order valence-electron chi connectivity index (χ0n) is 13.6. The number of H-pyrrole nitrogens is 1. The Morgan fingerprint density at radius 3 is 2.75 bits per heavy atom. The van der Waals surface area contributed by atoms with Gasteiger partial charge in [0.1, 0.15) is 0 Å². The lowest BCUT2D eigenvalue weighted by Crippen LogP contribution is -2.39.